The number of nitrogens with one attached hydrogen (secondary N) is 2. The Morgan fingerprint density at radius 3 is 1.36 bits per heavy atom. The minimum atomic E-state index is 0. The summed E-state index contributed by atoms with van der Waals surface area (Å²) < 4.78 is 0. The molecule has 5 nitrogen and oxygen atoms in total. The molecule has 0 saturated heterocycles. The Morgan fingerprint density at radius 2 is 0.939 bits per heavy atom. The molecule has 2 aliphatic rings. The number of H-pyrrole nitrogens is 2. The number of aromatic amines is 2. The molecule has 0 fully saturated rings. The van der Waals surface area contributed by atoms with Crippen molar-refractivity contribution in [3.05, 3.63) is 108 Å². The summed E-state index contributed by atoms with van der Waals surface area (Å²) in [4.78, 5) is 16.0. The van der Waals surface area contributed by atoms with Gasteiger partial charge in [-0.1, -0.05) is 12.1 Å². The summed E-state index contributed by atoms with van der Waals surface area (Å²) >= 11 is 0. The summed E-state index contributed by atoms with van der Waals surface area (Å²) in [6.45, 7) is 3.65. The molecule has 0 saturated carbocycles. The van der Waals surface area contributed by atoms with E-state index in [1.54, 1.807) is 24.3 Å². The topological polar surface area (TPSA) is 77.6 Å². The minimum Gasteiger partial charge on any atom is -0.510 e. The quantitative estimate of drug-likeness (QED) is 0.213. The Kier molecular flexibility index (Phi) is 6.76. The number of fused-ring (bicyclic) bond motifs is 8. The van der Waals surface area contributed by atoms with E-state index in [0.29, 0.717) is 0 Å². The van der Waals surface area contributed by atoms with Crippen molar-refractivity contribution < 1.29 is 31.3 Å². The van der Waals surface area contributed by atoms with Gasteiger partial charge in [-0.2, -0.15) is 24.6 Å². The minimum absolute atomic E-state index is 0. The van der Waals surface area contributed by atoms with Crippen molar-refractivity contribution in [3.8, 4) is 5.75 Å². The van der Waals surface area contributed by atoms with Crippen LogP contribution in [0.5, 0.6) is 5.75 Å². The maximum absolute atomic E-state index is 8.73. The van der Waals surface area contributed by atoms with E-state index in [0.717, 1.165) is 50.4 Å². The molecule has 6 rings (SSSR count). The van der Waals surface area contributed by atoms with Crippen molar-refractivity contribution in [3.63, 3.8) is 0 Å². The number of hydrogen-bond acceptors (Lipinski definition) is 3. The van der Waals surface area contributed by atoms with Crippen molar-refractivity contribution >= 4 is 46.4 Å². The number of rotatable bonds is 0. The molecule has 160 valence electrons. The second-order valence-electron chi connectivity index (χ2n) is 7.57. The Bertz CT molecular complexity index is 1380. The molecule has 0 spiro atoms. The molecule has 4 aromatic rings. The smallest absolute Gasteiger partial charge is 0.0910 e. The van der Waals surface area contributed by atoms with E-state index in [1.165, 1.54) is 0 Å². The molecule has 2 aliphatic heterocycles. The average molecular weight is 509 g/mol. The molecule has 0 amide bonds. The Hall–Kier alpha value is -3.63. The third kappa shape index (κ3) is 5.79. The molecule has 5 heterocycles. The van der Waals surface area contributed by atoms with E-state index in [4.69, 9.17) is 5.11 Å². The molecule has 33 heavy (non-hydrogen) atoms. The predicted octanol–water partition coefficient (Wildman–Crippen LogP) is 6.23. The number of hydrogen-bond donors (Lipinski definition) is 3. The SMILES string of the molecule is C1=Cc2cc3ccc(cc4ccc(cc5nc(cc1n2)C=C5)[nH]4)[nH]3.[CH2-]c1ccc(O)cc1.[Zr]. The van der Waals surface area contributed by atoms with Crippen LogP contribution in [-0.4, -0.2) is 25.0 Å². The molecule has 0 radical (unpaired) electrons. The summed E-state index contributed by atoms with van der Waals surface area (Å²) in [7, 11) is 0. The fourth-order valence-corrected chi connectivity index (χ4v) is 3.44. The Morgan fingerprint density at radius 1 is 0.545 bits per heavy atom. The maximum Gasteiger partial charge on any atom is 0.0910 e. The summed E-state index contributed by atoms with van der Waals surface area (Å²) in [5.74, 6) is 0.289. The van der Waals surface area contributed by atoms with Crippen LogP contribution < -0.4 is 0 Å². The van der Waals surface area contributed by atoms with Gasteiger partial charge in [0.05, 0.1) is 28.5 Å². The molecular weight excluding hydrogens is 488 g/mol. The number of phenolic OH excluding ortho intramolecular Hbond substituents is 1. The van der Waals surface area contributed by atoms with Crippen molar-refractivity contribution in [1.82, 2.24) is 19.9 Å². The van der Waals surface area contributed by atoms with Crippen molar-refractivity contribution in [2.24, 2.45) is 0 Å². The normalized spacial score (nSPS) is 11.4. The fraction of sp³-hybridized carbons (Fsp3) is 0. The van der Waals surface area contributed by atoms with Crippen molar-refractivity contribution in [2.45, 2.75) is 0 Å². The van der Waals surface area contributed by atoms with E-state index < -0.39 is 0 Å². The third-order valence-corrected chi connectivity index (χ3v) is 4.98. The van der Waals surface area contributed by atoms with Gasteiger partial charge in [0.2, 0.25) is 0 Å². The molecule has 3 N–H and O–H groups in total. The first-order valence-corrected chi connectivity index (χ1v) is 10.2. The van der Waals surface area contributed by atoms with E-state index in [1.807, 2.05) is 42.5 Å². The van der Waals surface area contributed by atoms with Gasteiger partial charge >= 0.3 is 0 Å². The molecule has 6 heteroatoms. The van der Waals surface area contributed by atoms with Crippen LogP contribution in [-0.2, 0) is 26.2 Å². The van der Waals surface area contributed by atoms with Crippen LogP contribution in [0.2, 0.25) is 0 Å². The second-order valence-corrected chi connectivity index (χ2v) is 7.57. The van der Waals surface area contributed by atoms with Crippen LogP contribution in [0.15, 0.2) is 72.8 Å². The number of aromatic nitrogens is 4. The third-order valence-electron chi connectivity index (χ3n) is 4.98. The van der Waals surface area contributed by atoms with Crippen LogP contribution in [0.4, 0.5) is 0 Å². The Balaban J connectivity index is 0.000000247. The van der Waals surface area contributed by atoms with Gasteiger partial charge in [-0.15, -0.1) is 0 Å². The van der Waals surface area contributed by atoms with Gasteiger partial charge in [-0.3, -0.25) is 0 Å². The van der Waals surface area contributed by atoms with Gasteiger partial charge in [-0.25, -0.2) is 9.97 Å². The standard InChI is InChI=1S/C20H14N4.C7H7O.Zr/c1-2-14-10-16-5-6-18(23-16)12-20-8-7-19(24-20)11-17-4-3-15(22-17)9-13(1)21-14;1-6-2-4-7(8)5-3-6;/h1-12,21-22H;2-5,8H,1H2;/q;-1;. The van der Waals surface area contributed by atoms with Gasteiger partial charge in [0.1, 0.15) is 0 Å². The van der Waals surface area contributed by atoms with Crippen LogP contribution in [0.3, 0.4) is 0 Å². The molecule has 0 atom stereocenters. The van der Waals surface area contributed by atoms with E-state index >= 15 is 0 Å². The van der Waals surface area contributed by atoms with Gasteiger partial charge in [0.15, 0.2) is 0 Å². The van der Waals surface area contributed by atoms with E-state index in [-0.39, 0.29) is 32.0 Å². The zero-order valence-electron chi connectivity index (χ0n) is 17.8. The second kappa shape index (κ2) is 9.89. The Labute approximate surface area is 210 Å². The zero-order valence-corrected chi connectivity index (χ0v) is 20.2. The van der Waals surface area contributed by atoms with E-state index in [2.05, 4.69) is 57.2 Å². The summed E-state index contributed by atoms with van der Waals surface area (Å²) in [5, 5.41) is 8.73. The number of nitrogens with zero attached hydrogens (tertiary/aromatic N) is 2. The van der Waals surface area contributed by atoms with E-state index in [9.17, 15) is 0 Å². The fourth-order valence-electron chi connectivity index (χ4n) is 3.44. The molecule has 0 unspecified atom stereocenters. The molecule has 8 bridgehead atoms. The first-order chi connectivity index (χ1) is 15.6. The van der Waals surface area contributed by atoms with Crippen LogP contribution in [0.1, 0.15) is 28.3 Å². The maximum atomic E-state index is 8.73. The predicted molar refractivity (Wildman–Crippen MR) is 131 cm³/mol. The molecule has 1 aromatic carbocycles. The van der Waals surface area contributed by atoms with Gasteiger partial charge in [0, 0.05) is 48.3 Å². The van der Waals surface area contributed by atoms with Gasteiger partial charge in [0.25, 0.3) is 0 Å². The molecular formula is C27H21N4OZr-. The molecule has 3 aromatic heterocycles. The largest absolute Gasteiger partial charge is 0.510 e. The zero-order chi connectivity index (χ0) is 21.9. The van der Waals surface area contributed by atoms with Crippen molar-refractivity contribution in [2.75, 3.05) is 0 Å². The van der Waals surface area contributed by atoms with Gasteiger partial charge < -0.3 is 15.1 Å². The molecule has 0 aliphatic carbocycles. The van der Waals surface area contributed by atoms with Gasteiger partial charge in [-0.05, 0) is 72.8 Å². The first-order valence-electron chi connectivity index (χ1n) is 10.2. The van der Waals surface area contributed by atoms with Crippen LogP contribution in [0.25, 0.3) is 46.4 Å². The number of phenols is 1. The van der Waals surface area contributed by atoms with Crippen LogP contribution >= 0.6 is 0 Å². The summed E-state index contributed by atoms with van der Waals surface area (Å²) in [6, 6.07) is 23.2. The van der Waals surface area contributed by atoms with Crippen LogP contribution in [0, 0.1) is 6.92 Å². The number of benzene rings is 1. The van der Waals surface area contributed by atoms with Crippen molar-refractivity contribution in [1.29, 1.82) is 0 Å². The summed E-state index contributed by atoms with van der Waals surface area (Å²) in [5.41, 5.74) is 8.78. The monoisotopic (exact) mass is 507 g/mol. The average Bonchev–Trinajstić information content (AvgIpc) is 3.57. The number of aromatic hydroxyl groups is 1. The first kappa shape index (κ1) is 22.6. The summed E-state index contributed by atoms with van der Waals surface area (Å²) in [6.07, 6.45) is 8.05.